The Hall–Kier alpha value is -2.02. The highest BCUT2D eigenvalue weighted by atomic mass is 32.1. The molecule has 2 aromatic carbocycles. The highest BCUT2D eigenvalue weighted by Crippen LogP contribution is 2.13. The molecular formula is C22H28FN3OS. The molecular weight excluding hydrogens is 373 g/mol. The van der Waals surface area contributed by atoms with Crippen molar-refractivity contribution >= 4 is 23.0 Å². The summed E-state index contributed by atoms with van der Waals surface area (Å²) in [6.45, 7) is 8.18. The van der Waals surface area contributed by atoms with Gasteiger partial charge in [0.1, 0.15) is 5.82 Å². The molecule has 0 bridgehead atoms. The number of benzene rings is 2. The van der Waals surface area contributed by atoms with Gasteiger partial charge in [0.25, 0.3) is 0 Å². The number of rotatable bonds is 7. The van der Waals surface area contributed by atoms with Crippen LogP contribution < -0.4 is 5.32 Å². The molecule has 2 aromatic rings. The molecule has 0 radical (unpaired) electrons. The van der Waals surface area contributed by atoms with Crippen LogP contribution in [0.15, 0.2) is 48.5 Å². The van der Waals surface area contributed by atoms with Gasteiger partial charge in [0.2, 0.25) is 0 Å². The van der Waals surface area contributed by atoms with Crippen molar-refractivity contribution in [2.24, 2.45) is 0 Å². The molecule has 150 valence electrons. The molecule has 1 aliphatic heterocycles. The molecule has 0 aromatic heterocycles. The summed E-state index contributed by atoms with van der Waals surface area (Å²) < 4.78 is 18.7. The lowest BCUT2D eigenvalue weighted by molar-refractivity contribution is 0.0368. The van der Waals surface area contributed by atoms with Crippen LogP contribution in [0.3, 0.4) is 0 Å². The van der Waals surface area contributed by atoms with Gasteiger partial charge in [-0.1, -0.05) is 24.3 Å². The number of morpholine rings is 1. The van der Waals surface area contributed by atoms with E-state index in [-0.39, 0.29) is 5.82 Å². The summed E-state index contributed by atoms with van der Waals surface area (Å²) in [6.07, 6.45) is 1.01. The van der Waals surface area contributed by atoms with Gasteiger partial charge >= 0.3 is 0 Å². The molecule has 1 N–H and O–H groups in total. The summed E-state index contributed by atoms with van der Waals surface area (Å²) >= 11 is 5.70. The fraction of sp³-hybridized carbons (Fsp3) is 0.409. The Balaban J connectivity index is 1.62. The number of nitrogens with one attached hydrogen (secondary N) is 1. The average Bonchev–Trinajstić information content (AvgIpc) is 2.69. The van der Waals surface area contributed by atoms with E-state index in [4.69, 9.17) is 17.0 Å². The first kappa shape index (κ1) is 20.7. The van der Waals surface area contributed by atoms with E-state index in [2.05, 4.69) is 34.2 Å². The van der Waals surface area contributed by atoms with Crippen molar-refractivity contribution < 1.29 is 9.13 Å². The lowest BCUT2D eigenvalue weighted by Crippen LogP contribution is -2.40. The highest BCUT2D eigenvalue weighted by molar-refractivity contribution is 7.80. The van der Waals surface area contributed by atoms with E-state index >= 15 is 0 Å². The van der Waals surface area contributed by atoms with Crippen LogP contribution in [0.2, 0.25) is 0 Å². The minimum atomic E-state index is -0.219. The van der Waals surface area contributed by atoms with Crippen LogP contribution in [-0.4, -0.2) is 54.3 Å². The van der Waals surface area contributed by atoms with E-state index in [9.17, 15) is 4.39 Å². The fourth-order valence-electron chi connectivity index (χ4n) is 3.30. The molecule has 0 atom stereocenters. The molecule has 1 fully saturated rings. The topological polar surface area (TPSA) is 27.7 Å². The van der Waals surface area contributed by atoms with E-state index in [1.807, 2.05) is 24.3 Å². The third-order valence-electron chi connectivity index (χ3n) is 4.85. The summed E-state index contributed by atoms with van der Waals surface area (Å²) in [6, 6.07) is 14.8. The zero-order chi connectivity index (χ0) is 19.8. The Labute approximate surface area is 172 Å². The van der Waals surface area contributed by atoms with Gasteiger partial charge in [-0.25, -0.2) is 4.39 Å². The van der Waals surface area contributed by atoms with E-state index < -0.39 is 0 Å². The van der Waals surface area contributed by atoms with Crippen LogP contribution in [0.1, 0.15) is 17.5 Å². The van der Waals surface area contributed by atoms with Crippen LogP contribution in [-0.2, 0) is 11.3 Å². The zero-order valence-electron chi connectivity index (χ0n) is 16.4. The predicted octanol–water partition coefficient (Wildman–Crippen LogP) is 4.06. The molecule has 0 saturated carbocycles. The fourth-order valence-corrected chi connectivity index (χ4v) is 3.57. The number of nitrogens with zero attached hydrogens (tertiary/aromatic N) is 2. The summed E-state index contributed by atoms with van der Waals surface area (Å²) in [5.74, 6) is -0.219. The second-order valence-electron chi connectivity index (χ2n) is 7.16. The van der Waals surface area contributed by atoms with Gasteiger partial charge in [-0.2, -0.15) is 0 Å². The van der Waals surface area contributed by atoms with Crippen molar-refractivity contribution in [1.82, 2.24) is 9.80 Å². The van der Waals surface area contributed by atoms with Crippen molar-refractivity contribution in [2.45, 2.75) is 19.9 Å². The summed E-state index contributed by atoms with van der Waals surface area (Å²) in [4.78, 5) is 4.59. The number of aryl methyl sites for hydroxylation is 1. The Morgan fingerprint density at radius 1 is 1.18 bits per heavy atom. The SMILES string of the molecule is Cc1cccc(NC(=S)N(CCCN2CCOCC2)Cc2ccc(F)cc2)c1. The molecule has 0 spiro atoms. The largest absolute Gasteiger partial charge is 0.379 e. The minimum Gasteiger partial charge on any atom is -0.379 e. The molecule has 0 amide bonds. The van der Waals surface area contributed by atoms with Gasteiger partial charge in [-0.3, -0.25) is 4.90 Å². The van der Waals surface area contributed by atoms with Crippen LogP contribution in [0.5, 0.6) is 0 Å². The van der Waals surface area contributed by atoms with Crippen molar-refractivity contribution in [3.05, 3.63) is 65.5 Å². The van der Waals surface area contributed by atoms with Gasteiger partial charge in [0.05, 0.1) is 13.2 Å². The number of hydrogen-bond acceptors (Lipinski definition) is 3. The smallest absolute Gasteiger partial charge is 0.173 e. The normalized spacial score (nSPS) is 14.6. The molecule has 6 heteroatoms. The Bertz CT molecular complexity index is 763. The third kappa shape index (κ3) is 6.55. The van der Waals surface area contributed by atoms with Gasteiger partial charge < -0.3 is 15.0 Å². The van der Waals surface area contributed by atoms with Crippen molar-refractivity contribution in [2.75, 3.05) is 44.7 Å². The molecule has 0 aliphatic carbocycles. The molecule has 1 aliphatic rings. The minimum absolute atomic E-state index is 0.219. The first-order valence-corrected chi connectivity index (χ1v) is 10.2. The number of ether oxygens (including phenoxy) is 1. The van der Waals surface area contributed by atoms with E-state index in [0.717, 1.165) is 57.1 Å². The Morgan fingerprint density at radius 2 is 1.93 bits per heavy atom. The monoisotopic (exact) mass is 401 g/mol. The summed E-state index contributed by atoms with van der Waals surface area (Å²) in [5, 5.41) is 4.04. The van der Waals surface area contributed by atoms with Crippen molar-refractivity contribution in [1.29, 1.82) is 0 Å². The maximum Gasteiger partial charge on any atom is 0.173 e. The number of hydrogen-bond donors (Lipinski definition) is 1. The molecule has 1 saturated heterocycles. The van der Waals surface area contributed by atoms with E-state index in [0.29, 0.717) is 11.7 Å². The van der Waals surface area contributed by atoms with Gasteiger partial charge in [0, 0.05) is 38.4 Å². The van der Waals surface area contributed by atoms with Crippen molar-refractivity contribution in [3.8, 4) is 0 Å². The molecule has 0 unspecified atom stereocenters. The second-order valence-corrected chi connectivity index (χ2v) is 7.54. The zero-order valence-corrected chi connectivity index (χ0v) is 17.2. The average molecular weight is 402 g/mol. The van der Waals surface area contributed by atoms with Gasteiger partial charge in [-0.15, -0.1) is 0 Å². The maximum atomic E-state index is 13.2. The summed E-state index contributed by atoms with van der Waals surface area (Å²) in [7, 11) is 0. The van der Waals surface area contributed by atoms with E-state index in [1.165, 1.54) is 17.7 Å². The lowest BCUT2D eigenvalue weighted by Gasteiger charge is -2.29. The Morgan fingerprint density at radius 3 is 2.64 bits per heavy atom. The van der Waals surface area contributed by atoms with Crippen LogP contribution in [0.25, 0.3) is 0 Å². The first-order valence-electron chi connectivity index (χ1n) is 9.77. The number of thiocarbonyl (C=S) groups is 1. The lowest BCUT2D eigenvalue weighted by atomic mass is 10.2. The van der Waals surface area contributed by atoms with Crippen LogP contribution in [0.4, 0.5) is 10.1 Å². The van der Waals surface area contributed by atoms with Gasteiger partial charge in [-0.05, 0) is 61.0 Å². The third-order valence-corrected chi connectivity index (χ3v) is 5.21. The summed E-state index contributed by atoms with van der Waals surface area (Å²) in [5.41, 5.74) is 3.22. The first-order chi connectivity index (χ1) is 13.6. The Kier molecular flexibility index (Phi) is 7.77. The van der Waals surface area contributed by atoms with Crippen LogP contribution in [0, 0.1) is 12.7 Å². The predicted molar refractivity (Wildman–Crippen MR) is 116 cm³/mol. The van der Waals surface area contributed by atoms with Gasteiger partial charge in [0.15, 0.2) is 5.11 Å². The van der Waals surface area contributed by atoms with Crippen molar-refractivity contribution in [3.63, 3.8) is 0 Å². The standard InChI is InChI=1S/C22H28FN3OS/c1-18-4-2-5-21(16-18)24-22(28)26(17-19-6-8-20(23)9-7-19)11-3-10-25-12-14-27-15-13-25/h2,4-9,16H,3,10-15,17H2,1H3,(H,24,28). The maximum absolute atomic E-state index is 13.2. The highest BCUT2D eigenvalue weighted by Gasteiger charge is 2.14. The molecule has 1 heterocycles. The molecule has 4 nitrogen and oxygen atoms in total. The molecule has 3 rings (SSSR count). The van der Waals surface area contributed by atoms with Crippen LogP contribution >= 0.6 is 12.2 Å². The molecule has 28 heavy (non-hydrogen) atoms. The number of halogens is 1. The quantitative estimate of drug-likeness (QED) is 0.707. The number of anilines is 1. The second kappa shape index (κ2) is 10.5. The van der Waals surface area contributed by atoms with E-state index in [1.54, 1.807) is 0 Å².